The highest BCUT2D eigenvalue weighted by molar-refractivity contribution is 14.1. The maximum Gasteiger partial charge on any atom is 0.225 e. The third-order valence-corrected chi connectivity index (χ3v) is 1.68. The molecule has 0 saturated heterocycles. The predicted octanol–water partition coefficient (Wildman–Crippen LogP) is 0.833. The van der Waals surface area contributed by atoms with Crippen molar-refractivity contribution in [3.63, 3.8) is 0 Å². The van der Waals surface area contributed by atoms with E-state index in [1.807, 2.05) is 7.05 Å². The Morgan fingerprint density at radius 2 is 2.44 bits per heavy atom. The Balaban J connectivity index is 3.07. The fraction of sp³-hybridized carbons (Fsp3) is 0.400. The van der Waals surface area contributed by atoms with Crippen molar-refractivity contribution in [2.24, 2.45) is 7.05 Å². The lowest BCUT2D eigenvalue weighted by Crippen LogP contribution is -1.95. The van der Waals surface area contributed by atoms with Crippen LogP contribution < -0.4 is 4.74 Å². The maximum absolute atomic E-state index is 4.98. The zero-order valence-electron chi connectivity index (χ0n) is 5.18. The van der Waals surface area contributed by atoms with Gasteiger partial charge < -0.3 is 4.74 Å². The highest BCUT2D eigenvalue weighted by atomic mass is 127. The zero-order valence-corrected chi connectivity index (χ0v) is 7.34. The van der Waals surface area contributed by atoms with Gasteiger partial charge in [-0.1, -0.05) is 0 Å². The molecule has 0 bridgehead atoms. The number of rotatable bonds is 1. The number of hydrogen-bond acceptors (Lipinski definition) is 2. The van der Waals surface area contributed by atoms with Crippen molar-refractivity contribution < 1.29 is 4.74 Å². The molecule has 4 heteroatoms. The number of methoxy groups -OCH3 is 1. The first-order chi connectivity index (χ1) is 4.25. The lowest BCUT2D eigenvalue weighted by molar-refractivity contribution is 0.371. The first-order valence-electron chi connectivity index (χ1n) is 2.40. The Morgan fingerprint density at radius 3 is 2.67 bits per heavy atom. The summed E-state index contributed by atoms with van der Waals surface area (Å²) in [6.07, 6.45) is 2.76. The van der Waals surface area contributed by atoms with Gasteiger partial charge in [-0.05, 0) is 22.6 Å². The summed E-state index contributed by atoms with van der Waals surface area (Å²) in [5.74, 6) is 0.760. The van der Waals surface area contributed by atoms with Gasteiger partial charge in [-0.25, -0.2) is 4.68 Å². The Bertz CT molecular complexity index is 189. The molecule has 1 rings (SSSR count). The molecule has 3 nitrogen and oxygen atoms in total. The summed E-state index contributed by atoms with van der Waals surface area (Å²) in [6.45, 7) is 0. The van der Waals surface area contributed by atoms with Crippen molar-refractivity contribution in [2.45, 2.75) is 0 Å². The highest BCUT2D eigenvalue weighted by Gasteiger charge is 2.03. The standard InChI is InChI=1S/C5H6IN2O/c1-8-5(9-2)4(6)3-7-8/h1-2H3. The molecule has 0 aromatic carbocycles. The van der Waals surface area contributed by atoms with Crippen LogP contribution in [0.2, 0.25) is 0 Å². The van der Waals surface area contributed by atoms with Crippen LogP contribution in [0.4, 0.5) is 0 Å². The van der Waals surface area contributed by atoms with Crippen molar-refractivity contribution in [3.8, 4) is 5.88 Å². The number of nitrogens with zero attached hydrogens (tertiary/aromatic N) is 2. The fourth-order valence-electron chi connectivity index (χ4n) is 0.576. The third kappa shape index (κ3) is 1.17. The minimum atomic E-state index is 0.760. The van der Waals surface area contributed by atoms with Crippen molar-refractivity contribution in [1.29, 1.82) is 0 Å². The Hall–Kier alpha value is -0.260. The fourth-order valence-corrected chi connectivity index (χ4v) is 1.25. The lowest BCUT2D eigenvalue weighted by Gasteiger charge is -1.97. The second-order valence-electron chi connectivity index (χ2n) is 1.56. The zero-order chi connectivity index (χ0) is 6.85. The van der Waals surface area contributed by atoms with Crippen LogP contribution in [0.1, 0.15) is 0 Å². The number of aryl methyl sites for hydroxylation is 1. The van der Waals surface area contributed by atoms with Crippen LogP contribution >= 0.6 is 22.6 Å². The van der Waals surface area contributed by atoms with Gasteiger partial charge in [0, 0.05) is 7.05 Å². The molecule has 0 amide bonds. The Kier molecular flexibility index (Phi) is 1.94. The molecule has 1 radical (unpaired) electrons. The third-order valence-electron chi connectivity index (χ3n) is 0.973. The molecule has 0 spiro atoms. The molecular formula is C5H6IN2O. The van der Waals surface area contributed by atoms with E-state index in [0.717, 1.165) is 9.45 Å². The lowest BCUT2D eigenvalue weighted by atomic mass is 10.7. The van der Waals surface area contributed by atoms with E-state index >= 15 is 0 Å². The van der Waals surface area contributed by atoms with Crippen molar-refractivity contribution in [1.82, 2.24) is 9.78 Å². The first-order valence-corrected chi connectivity index (χ1v) is 3.47. The number of halogens is 1. The molecule has 0 aliphatic carbocycles. The summed E-state index contributed by atoms with van der Waals surface area (Å²) < 4.78 is 7.53. The normalized spacial score (nSPS) is 9.67. The Labute approximate surface area is 67.1 Å². The van der Waals surface area contributed by atoms with Gasteiger partial charge in [-0.2, -0.15) is 5.10 Å². The van der Waals surface area contributed by atoms with E-state index in [4.69, 9.17) is 4.74 Å². The van der Waals surface area contributed by atoms with Gasteiger partial charge in [0.15, 0.2) is 0 Å². The van der Waals surface area contributed by atoms with E-state index in [0.29, 0.717) is 0 Å². The number of hydrogen-bond donors (Lipinski definition) is 0. The van der Waals surface area contributed by atoms with Crippen LogP contribution in [0.3, 0.4) is 0 Å². The molecule has 0 N–H and O–H groups in total. The van der Waals surface area contributed by atoms with Crippen LogP contribution in [-0.4, -0.2) is 16.9 Å². The molecule has 0 aliphatic rings. The van der Waals surface area contributed by atoms with E-state index in [1.165, 1.54) is 0 Å². The second kappa shape index (κ2) is 2.55. The van der Waals surface area contributed by atoms with Crippen molar-refractivity contribution in [3.05, 3.63) is 9.77 Å². The monoisotopic (exact) mass is 237 g/mol. The molecule has 49 valence electrons. The number of aromatic nitrogens is 2. The smallest absolute Gasteiger partial charge is 0.225 e. The predicted molar refractivity (Wildman–Crippen MR) is 41.3 cm³/mol. The largest absolute Gasteiger partial charge is 0.480 e. The van der Waals surface area contributed by atoms with E-state index in [-0.39, 0.29) is 0 Å². The summed E-state index contributed by atoms with van der Waals surface area (Å²) in [4.78, 5) is 0. The van der Waals surface area contributed by atoms with Crippen LogP contribution in [0, 0.1) is 9.77 Å². The molecule has 0 atom stereocenters. The van der Waals surface area contributed by atoms with E-state index in [1.54, 1.807) is 11.8 Å². The van der Waals surface area contributed by atoms with Crippen molar-refractivity contribution >= 4 is 22.6 Å². The summed E-state index contributed by atoms with van der Waals surface area (Å²) in [5.41, 5.74) is 0. The topological polar surface area (TPSA) is 27.1 Å². The summed E-state index contributed by atoms with van der Waals surface area (Å²) >= 11 is 2.12. The van der Waals surface area contributed by atoms with Gasteiger partial charge in [0.25, 0.3) is 0 Å². The average molecular weight is 237 g/mol. The maximum atomic E-state index is 4.98. The number of ether oxygens (including phenoxy) is 1. The molecule has 0 unspecified atom stereocenters. The first kappa shape index (κ1) is 6.85. The quantitative estimate of drug-likeness (QED) is 0.676. The van der Waals surface area contributed by atoms with Crippen LogP contribution in [0.15, 0.2) is 0 Å². The average Bonchev–Trinajstić information content (AvgIpc) is 2.12. The highest BCUT2D eigenvalue weighted by Crippen LogP contribution is 2.16. The van der Waals surface area contributed by atoms with Crippen LogP contribution in [0.25, 0.3) is 0 Å². The summed E-state index contributed by atoms with van der Waals surface area (Å²) in [7, 11) is 3.44. The van der Waals surface area contributed by atoms with E-state index < -0.39 is 0 Å². The minimum absolute atomic E-state index is 0.760. The molecule has 1 heterocycles. The van der Waals surface area contributed by atoms with Gasteiger partial charge in [0.2, 0.25) is 5.88 Å². The Morgan fingerprint density at radius 1 is 1.78 bits per heavy atom. The van der Waals surface area contributed by atoms with Gasteiger partial charge in [-0.3, -0.25) is 0 Å². The van der Waals surface area contributed by atoms with Crippen LogP contribution in [0.5, 0.6) is 5.88 Å². The molecule has 9 heavy (non-hydrogen) atoms. The summed E-state index contributed by atoms with van der Waals surface area (Å²) in [6, 6.07) is 0. The van der Waals surface area contributed by atoms with Gasteiger partial charge >= 0.3 is 0 Å². The van der Waals surface area contributed by atoms with Crippen molar-refractivity contribution in [2.75, 3.05) is 7.11 Å². The molecule has 1 aromatic heterocycles. The van der Waals surface area contributed by atoms with E-state index in [9.17, 15) is 0 Å². The molecule has 1 aromatic rings. The molecule has 0 aliphatic heterocycles. The molecule has 0 saturated carbocycles. The molecular weight excluding hydrogens is 231 g/mol. The second-order valence-corrected chi connectivity index (χ2v) is 2.64. The van der Waals surface area contributed by atoms with Crippen LogP contribution in [-0.2, 0) is 7.05 Å². The minimum Gasteiger partial charge on any atom is -0.480 e. The van der Waals surface area contributed by atoms with Gasteiger partial charge in [-0.15, -0.1) is 0 Å². The van der Waals surface area contributed by atoms with Gasteiger partial charge in [0.05, 0.1) is 7.11 Å². The summed E-state index contributed by atoms with van der Waals surface area (Å²) in [5, 5.41) is 3.85. The molecule has 0 fully saturated rings. The van der Waals surface area contributed by atoms with E-state index in [2.05, 4.69) is 33.9 Å². The SMILES string of the molecule is COc1c(I)[c]nn1C. The van der Waals surface area contributed by atoms with Gasteiger partial charge in [0.1, 0.15) is 9.77 Å².